The van der Waals surface area contributed by atoms with Crippen molar-refractivity contribution in [2.75, 3.05) is 54.9 Å². The van der Waals surface area contributed by atoms with E-state index in [1.54, 1.807) is 11.9 Å². The van der Waals surface area contributed by atoms with Crippen molar-refractivity contribution in [2.24, 2.45) is 10.4 Å². The molecule has 1 aromatic rings. The van der Waals surface area contributed by atoms with E-state index in [2.05, 4.69) is 46.8 Å². The largest absolute Gasteiger partial charge is 0.494 e. The number of hydrogen-bond acceptors (Lipinski definition) is 4. The molecule has 1 fully saturated rings. The number of carbonyl (C=O) groups excluding carboxylic acids is 1. The van der Waals surface area contributed by atoms with Crippen LogP contribution in [0.3, 0.4) is 0 Å². The lowest BCUT2D eigenvalue weighted by Crippen LogP contribution is -2.49. The molecule has 0 atom stereocenters. The molecule has 1 amide bonds. The number of guanidine groups is 1. The molecule has 0 radical (unpaired) electrons. The van der Waals surface area contributed by atoms with Crippen LogP contribution in [0.15, 0.2) is 29.3 Å². The number of nitrogens with one attached hydrogen (secondary N) is 2. The summed E-state index contributed by atoms with van der Waals surface area (Å²) in [7, 11) is 9.57. The molecule has 1 saturated carbocycles. The standard InChI is InChI=1S/C23H39N5O2/c1-24-22(26-18-23(13-6-7-14-23)21(29)28(4)5)25-17-19-9-11-20(12-10-19)30-16-8-15-27(2)3/h9-12H,6-8,13-18H2,1-5H3,(H2,24,25,26). The molecule has 0 bridgehead atoms. The Morgan fingerprint density at radius 3 is 2.33 bits per heavy atom. The summed E-state index contributed by atoms with van der Waals surface area (Å²) in [5.41, 5.74) is 0.839. The van der Waals surface area contributed by atoms with Crippen LogP contribution in [0.4, 0.5) is 0 Å². The van der Waals surface area contributed by atoms with Gasteiger partial charge in [-0.25, -0.2) is 0 Å². The monoisotopic (exact) mass is 417 g/mol. The van der Waals surface area contributed by atoms with E-state index in [0.717, 1.165) is 62.5 Å². The molecule has 7 heteroatoms. The van der Waals surface area contributed by atoms with Crippen molar-refractivity contribution in [3.63, 3.8) is 0 Å². The summed E-state index contributed by atoms with van der Waals surface area (Å²) in [6, 6.07) is 8.14. The predicted molar refractivity (Wildman–Crippen MR) is 123 cm³/mol. The maximum Gasteiger partial charge on any atom is 0.230 e. The molecular weight excluding hydrogens is 378 g/mol. The maximum absolute atomic E-state index is 12.7. The van der Waals surface area contributed by atoms with Gasteiger partial charge in [0.05, 0.1) is 12.0 Å². The Morgan fingerprint density at radius 1 is 1.10 bits per heavy atom. The van der Waals surface area contributed by atoms with E-state index in [9.17, 15) is 4.79 Å². The van der Waals surface area contributed by atoms with Crippen LogP contribution in [0.25, 0.3) is 0 Å². The number of aliphatic imine (C=N–C) groups is 1. The first-order valence-corrected chi connectivity index (χ1v) is 10.9. The van der Waals surface area contributed by atoms with Gasteiger partial charge in [0.1, 0.15) is 5.75 Å². The molecule has 1 aromatic carbocycles. The number of rotatable bonds is 10. The van der Waals surface area contributed by atoms with E-state index in [0.29, 0.717) is 13.1 Å². The van der Waals surface area contributed by atoms with Crippen molar-refractivity contribution in [3.05, 3.63) is 29.8 Å². The first-order valence-electron chi connectivity index (χ1n) is 10.9. The van der Waals surface area contributed by atoms with Crippen molar-refractivity contribution in [2.45, 2.75) is 38.6 Å². The fourth-order valence-electron chi connectivity index (χ4n) is 3.93. The molecule has 0 heterocycles. The molecule has 1 aliphatic carbocycles. The number of carbonyl (C=O) groups is 1. The molecule has 0 spiro atoms. The van der Waals surface area contributed by atoms with Crippen LogP contribution in [0.2, 0.25) is 0 Å². The van der Waals surface area contributed by atoms with Crippen molar-refractivity contribution in [1.82, 2.24) is 20.4 Å². The predicted octanol–water partition coefficient (Wildman–Crippen LogP) is 2.33. The van der Waals surface area contributed by atoms with Gasteiger partial charge >= 0.3 is 0 Å². The molecule has 0 aliphatic heterocycles. The first kappa shape index (κ1) is 24.0. The highest BCUT2D eigenvalue weighted by molar-refractivity contribution is 5.85. The highest BCUT2D eigenvalue weighted by Crippen LogP contribution is 2.38. The second kappa shape index (κ2) is 11.8. The van der Waals surface area contributed by atoms with E-state index in [4.69, 9.17) is 4.74 Å². The summed E-state index contributed by atoms with van der Waals surface area (Å²) in [6.45, 7) is 3.02. The van der Waals surface area contributed by atoms with Gasteiger partial charge in [-0.2, -0.15) is 0 Å². The molecule has 7 nitrogen and oxygen atoms in total. The molecule has 2 N–H and O–H groups in total. The van der Waals surface area contributed by atoms with Gasteiger partial charge in [-0.3, -0.25) is 9.79 Å². The summed E-state index contributed by atoms with van der Waals surface area (Å²) in [5.74, 6) is 1.83. The molecule has 1 aliphatic rings. The van der Waals surface area contributed by atoms with Gasteiger partial charge < -0.3 is 25.2 Å². The van der Waals surface area contributed by atoms with Crippen LogP contribution in [0, 0.1) is 5.41 Å². The molecule has 2 rings (SSSR count). The first-order chi connectivity index (χ1) is 14.4. The van der Waals surface area contributed by atoms with Crippen molar-refractivity contribution in [1.29, 1.82) is 0 Å². The van der Waals surface area contributed by atoms with Crippen LogP contribution in [0.5, 0.6) is 5.75 Å². The van der Waals surface area contributed by atoms with Gasteiger partial charge in [0.25, 0.3) is 0 Å². The Bertz CT molecular complexity index is 679. The molecule has 0 unspecified atom stereocenters. The average molecular weight is 418 g/mol. The summed E-state index contributed by atoms with van der Waals surface area (Å²) in [5, 5.41) is 6.72. The van der Waals surface area contributed by atoms with Crippen LogP contribution in [-0.2, 0) is 11.3 Å². The fourth-order valence-corrected chi connectivity index (χ4v) is 3.93. The zero-order valence-corrected chi connectivity index (χ0v) is 19.3. The van der Waals surface area contributed by atoms with Gasteiger partial charge in [0.2, 0.25) is 5.91 Å². The zero-order valence-electron chi connectivity index (χ0n) is 19.3. The molecule has 0 saturated heterocycles. The highest BCUT2D eigenvalue weighted by atomic mass is 16.5. The molecular formula is C23H39N5O2. The van der Waals surface area contributed by atoms with Crippen LogP contribution in [-0.4, -0.2) is 76.6 Å². The lowest BCUT2D eigenvalue weighted by Gasteiger charge is -2.31. The zero-order chi connectivity index (χ0) is 22.0. The Morgan fingerprint density at radius 2 is 1.77 bits per heavy atom. The second-order valence-corrected chi connectivity index (χ2v) is 8.62. The minimum Gasteiger partial charge on any atom is -0.494 e. The number of hydrogen-bond donors (Lipinski definition) is 2. The Balaban J connectivity index is 1.80. The Labute approximate surface area is 181 Å². The van der Waals surface area contributed by atoms with Gasteiger partial charge in [-0.05, 0) is 51.1 Å². The Hall–Kier alpha value is -2.28. The minimum atomic E-state index is -0.313. The lowest BCUT2D eigenvalue weighted by molar-refractivity contribution is -0.138. The minimum absolute atomic E-state index is 0.212. The third-order valence-corrected chi connectivity index (χ3v) is 5.64. The summed E-state index contributed by atoms with van der Waals surface area (Å²) in [4.78, 5) is 20.9. The van der Waals surface area contributed by atoms with E-state index < -0.39 is 0 Å². The van der Waals surface area contributed by atoms with E-state index in [-0.39, 0.29) is 11.3 Å². The van der Waals surface area contributed by atoms with Crippen LogP contribution in [0.1, 0.15) is 37.7 Å². The normalized spacial score (nSPS) is 15.9. The summed E-state index contributed by atoms with van der Waals surface area (Å²) in [6.07, 6.45) is 5.10. The van der Waals surface area contributed by atoms with Gasteiger partial charge in [0, 0.05) is 40.8 Å². The van der Waals surface area contributed by atoms with Crippen molar-refractivity contribution < 1.29 is 9.53 Å². The molecule has 0 aromatic heterocycles. The third-order valence-electron chi connectivity index (χ3n) is 5.64. The van der Waals surface area contributed by atoms with E-state index >= 15 is 0 Å². The third kappa shape index (κ3) is 7.20. The smallest absolute Gasteiger partial charge is 0.230 e. The Kier molecular flexibility index (Phi) is 9.43. The lowest BCUT2D eigenvalue weighted by atomic mass is 9.84. The number of nitrogens with zero attached hydrogens (tertiary/aromatic N) is 3. The number of benzene rings is 1. The van der Waals surface area contributed by atoms with Crippen LogP contribution >= 0.6 is 0 Å². The van der Waals surface area contributed by atoms with Gasteiger partial charge in [0.15, 0.2) is 5.96 Å². The van der Waals surface area contributed by atoms with E-state index in [1.165, 1.54) is 0 Å². The number of amides is 1. The SMILES string of the molecule is CN=C(NCc1ccc(OCCCN(C)C)cc1)NCC1(C(=O)N(C)C)CCCC1. The van der Waals surface area contributed by atoms with Gasteiger partial charge in [-0.15, -0.1) is 0 Å². The highest BCUT2D eigenvalue weighted by Gasteiger charge is 2.42. The summed E-state index contributed by atoms with van der Waals surface area (Å²) < 4.78 is 5.79. The van der Waals surface area contributed by atoms with Crippen LogP contribution < -0.4 is 15.4 Å². The van der Waals surface area contributed by atoms with Crippen molar-refractivity contribution in [3.8, 4) is 5.75 Å². The summed E-state index contributed by atoms with van der Waals surface area (Å²) >= 11 is 0. The average Bonchev–Trinajstić information content (AvgIpc) is 3.21. The van der Waals surface area contributed by atoms with Crippen molar-refractivity contribution >= 4 is 11.9 Å². The number of ether oxygens (including phenoxy) is 1. The fraction of sp³-hybridized carbons (Fsp3) is 0.652. The second-order valence-electron chi connectivity index (χ2n) is 8.62. The molecule has 30 heavy (non-hydrogen) atoms. The van der Waals surface area contributed by atoms with Gasteiger partial charge in [-0.1, -0.05) is 25.0 Å². The molecule has 168 valence electrons. The maximum atomic E-state index is 12.7. The quantitative estimate of drug-likeness (QED) is 0.347. The topological polar surface area (TPSA) is 69.2 Å². The van der Waals surface area contributed by atoms with E-state index in [1.807, 2.05) is 26.2 Å².